The molecule has 0 radical (unpaired) electrons. The van der Waals surface area contributed by atoms with Gasteiger partial charge in [-0.15, -0.1) is 10.2 Å². The van der Waals surface area contributed by atoms with Crippen molar-refractivity contribution in [1.29, 1.82) is 0 Å². The molecule has 6 nitrogen and oxygen atoms in total. The van der Waals surface area contributed by atoms with E-state index < -0.39 is 5.91 Å². The average molecular weight is 361 g/mol. The molecule has 1 fully saturated rings. The maximum atomic E-state index is 11.6. The second-order valence-corrected chi connectivity index (χ2v) is 6.67. The highest BCUT2D eigenvalue weighted by molar-refractivity contribution is 6.29. The van der Waals surface area contributed by atoms with Crippen LogP contribution in [0.15, 0.2) is 30.3 Å². The first-order valence-corrected chi connectivity index (χ1v) is 8.67. The van der Waals surface area contributed by atoms with Crippen LogP contribution in [0.3, 0.4) is 0 Å². The average Bonchev–Trinajstić information content (AvgIpc) is 2.61. The molecule has 1 aromatic carbocycles. The largest absolute Gasteiger partial charge is 0.373 e. The zero-order valence-electron chi connectivity index (χ0n) is 14.0. The molecule has 1 aliphatic heterocycles. The number of nitrogens with two attached hydrogens (primary N) is 1. The van der Waals surface area contributed by atoms with Crippen LogP contribution >= 0.6 is 11.6 Å². The van der Waals surface area contributed by atoms with Gasteiger partial charge in [0.25, 0.3) is 5.91 Å². The number of anilines is 1. The quantitative estimate of drug-likeness (QED) is 0.854. The van der Waals surface area contributed by atoms with Crippen molar-refractivity contribution >= 4 is 23.3 Å². The van der Waals surface area contributed by atoms with E-state index in [1.165, 1.54) is 11.6 Å². The van der Waals surface area contributed by atoms with E-state index in [2.05, 4.69) is 46.7 Å². The Bertz CT molecular complexity index is 751. The predicted molar refractivity (Wildman–Crippen MR) is 96.6 cm³/mol. The molecule has 1 saturated heterocycles. The van der Waals surface area contributed by atoms with Crippen LogP contribution in [0.1, 0.15) is 40.4 Å². The Kier molecular flexibility index (Phi) is 5.50. The summed E-state index contributed by atoms with van der Waals surface area (Å²) in [6, 6.07) is 9.82. The molecule has 2 heterocycles. The van der Waals surface area contributed by atoms with E-state index in [1.54, 1.807) is 0 Å². The van der Waals surface area contributed by atoms with Gasteiger partial charge in [0.05, 0.1) is 11.7 Å². The molecule has 1 aliphatic rings. The molecule has 0 saturated carbocycles. The molecule has 0 bridgehead atoms. The molecule has 3 rings (SSSR count). The number of nitrogens with one attached hydrogen (secondary N) is 1. The monoisotopic (exact) mass is 360 g/mol. The van der Waals surface area contributed by atoms with Crippen molar-refractivity contribution in [2.24, 2.45) is 11.7 Å². The third-order valence-corrected chi connectivity index (χ3v) is 4.60. The van der Waals surface area contributed by atoms with Gasteiger partial charge in [0, 0.05) is 19.1 Å². The molecule has 25 heavy (non-hydrogen) atoms. The lowest BCUT2D eigenvalue weighted by Gasteiger charge is -2.32. The summed E-state index contributed by atoms with van der Waals surface area (Å²) in [7, 11) is 0. The Morgan fingerprint density at radius 2 is 2.12 bits per heavy atom. The van der Waals surface area contributed by atoms with Crippen LogP contribution in [0.2, 0.25) is 5.15 Å². The van der Waals surface area contributed by atoms with Gasteiger partial charge in [0.1, 0.15) is 0 Å². The molecular formula is C18H21ClN4O2. The van der Waals surface area contributed by atoms with Crippen LogP contribution in [0.5, 0.6) is 0 Å². The Morgan fingerprint density at radius 1 is 1.36 bits per heavy atom. The van der Waals surface area contributed by atoms with Gasteiger partial charge in [-0.25, -0.2) is 0 Å². The molecule has 1 aromatic heterocycles. The van der Waals surface area contributed by atoms with Crippen LogP contribution in [0.25, 0.3) is 0 Å². The summed E-state index contributed by atoms with van der Waals surface area (Å²) in [6.07, 6.45) is 2.04. The lowest BCUT2D eigenvalue weighted by Crippen LogP contribution is -2.29. The highest BCUT2D eigenvalue weighted by Gasteiger charge is 2.27. The fraction of sp³-hybridized carbons (Fsp3) is 0.389. The van der Waals surface area contributed by atoms with E-state index in [1.807, 2.05) is 0 Å². The third-order valence-electron chi connectivity index (χ3n) is 4.41. The fourth-order valence-corrected chi connectivity index (χ4v) is 3.24. The van der Waals surface area contributed by atoms with E-state index in [0.717, 1.165) is 25.0 Å². The van der Waals surface area contributed by atoms with Crippen molar-refractivity contribution in [2.75, 3.05) is 18.5 Å². The number of benzene rings is 1. The summed E-state index contributed by atoms with van der Waals surface area (Å²) in [5.74, 6) is 0.0223. The number of aryl methyl sites for hydroxylation is 1. The Hall–Kier alpha value is -2.18. The first kappa shape index (κ1) is 17.6. The van der Waals surface area contributed by atoms with Crippen molar-refractivity contribution in [3.8, 4) is 0 Å². The molecule has 2 atom stereocenters. The highest BCUT2D eigenvalue weighted by Crippen LogP contribution is 2.34. The molecular weight excluding hydrogens is 340 g/mol. The first-order valence-electron chi connectivity index (χ1n) is 8.29. The minimum absolute atomic E-state index is 0.0131. The first-order chi connectivity index (χ1) is 12.0. The van der Waals surface area contributed by atoms with E-state index in [0.29, 0.717) is 12.4 Å². The van der Waals surface area contributed by atoms with Crippen molar-refractivity contribution < 1.29 is 9.53 Å². The van der Waals surface area contributed by atoms with Crippen LogP contribution in [-0.2, 0) is 4.74 Å². The summed E-state index contributed by atoms with van der Waals surface area (Å²) in [6.45, 7) is 3.42. The minimum Gasteiger partial charge on any atom is -0.373 e. The Morgan fingerprint density at radius 3 is 2.84 bits per heavy atom. The standard InChI is InChI=1S/C18H21ClN4O2/c1-11-4-6-12(7-5-11)16-13(3-2-8-25-16)10-21-18-14(17(20)24)9-15(19)22-23-18/h4-7,9,13,16H,2-3,8,10H2,1H3,(H2,20,24)(H,21,23). The molecule has 0 aliphatic carbocycles. The molecule has 2 aromatic rings. The third kappa shape index (κ3) is 4.27. The number of primary amides is 1. The van der Waals surface area contributed by atoms with E-state index >= 15 is 0 Å². The second-order valence-electron chi connectivity index (χ2n) is 6.28. The molecule has 132 valence electrons. The minimum atomic E-state index is -0.589. The maximum absolute atomic E-state index is 11.6. The number of rotatable bonds is 5. The van der Waals surface area contributed by atoms with Gasteiger partial charge in [-0.2, -0.15) is 0 Å². The van der Waals surface area contributed by atoms with E-state index in [4.69, 9.17) is 22.1 Å². The number of halogens is 1. The summed E-state index contributed by atoms with van der Waals surface area (Å²) < 4.78 is 6.01. The number of ether oxygens (including phenoxy) is 1. The summed E-state index contributed by atoms with van der Waals surface area (Å²) in [5, 5.41) is 11.1. The highest BCUT2D eigenvalue weighted by atomic mass is 35.5. The zero-order chi connectivity index (χ0) is 17.8. The van der Waals surface area contributed by atoms with Crippen molar-refractivity contribution in [2.45, 2.75) is 25.9 Å². The number of nitrogens with zero attached hydrogens (tertiary/aromatic N) is 2. The van der Waals surface area contributed by atoms with Gasteiger partial charge in [0.15, 0.2) is 11.0 Å². The van der Waals surface area contributed by atoms with Crippen LogP contribution in [0, 0.1) is 12.8 Å². The molecule has 1 amide bonds. The van der Waals surface area contributed by atoms with Crippen LogP contribution in [-0.4, -0.2) is 29.3 Å². The number of hydrogen-bond acceptors (Lipinski definition) is 5. The van der Waals surface area contributed by atoms with Gasteiger partial charge in [-0.3, -0.25) is 4.79 Å². The summed E-state index contributed by atoms with van der Waals surface area (Å²) >= 11 is 5.80. The lowest BCUT2D eigenvalue weighted by molar-refractivity contribution is -0.0238. The molecule has 2 unspecified atom stereocenters. The topological polar surface area (TPSA) is 90.1 Å². The number of carbonyl (C=O) groups excluding carboxylic acids is 1. The molecule has 0 spiro atoms. The number of aromatic nitrogens is 2. The van der Waals surface area contributed by atoms with Gasteiger partial charge < -0.3 is 15.8 Å². The van der Waals surface area contributed by atoms with E-state index in [9.17, 15) is 4.79 Å². The normalized spacial score (nSPS) is 20.2. The smallest absolute Gasteiger partial charge is 0.252 e. The van der Waals surface area contributed by atoms with Gasteiger partial charge in [0.2, 0.25) is 0 Å². The second kappa shape index (κ2) is 7.80. The van der Waals surface area contributed by atoms with Crippen molar-refractivity contribution in [3.63, 3.8) is 0 Å². The SMILES string of the molecule is Cc1ccc(C2OCCCC2CNc2nnc(Cl)cc2C(N)=O)cc1. The summed E-state index contributed by atoms with van der Waals surface area (Å²) in [4.78, 5) is 11.6. The van der Waals surface area contributed by atoms with Crippen molar-refractivity contribution in [1.82, 2.24) is 10.2 Å². The van der Waals surface area contributed by atoms with E-state index in [-0.39, 0.29) is 22.7 Å². The lowest BCUT2D eigenvalue weighted by atomic mass is 9.89. The van der Waals surface area contributed by atoms with Crippen molar-refractivity contribution in [3.05, 3.63) is 52.2 Å². The zero-order valence-corrected chi connectivity index (χ0v) is 14.8. The number of carbonyl (C=O) groups is 1. The van der Waals surface area contributed by atoms with Crippen LogP contribution < -0.4 is 11.1 Å². The van der Waals surface area contributed by atoms with Gasteiger partial charge in [-0.05, 0) is 31.4 Å². The fourth-order valence-electron chi connectivity index (χ4n) is 3.09. The van der Waals surface area contributed by atoms with Crippen LogP contribution in [0.4, 0.5) is 5.82 Å². The molecule has 3 N–H and O–H groups in total. The molecule has 7 heteroatoms. The summed E-state index contributed by atoms with van der Waals surface area (Å²) in [5.41, 5.74) is 8.01. The maximum Gasteiger partial charge on any atom is 0.252 e. The Labute approximate surface area is 151 Å². The number of hydrogen-bond donors (Lipinski definition) is 2. The Balaban J connectivity index is 1.74. The number of amides is 1. The van der Waals surface area contributed by atoms with Gasteiger partial charge >= 0.3 is 0 Å². The predicted octanol–water partition coefficient (Wildman–Crippen LogP) is 3.12. The van der Waals surface area contributed by atoms with Gasteiger partial charge in [-0.1, -0.05) is 41.4 Å².